The van der Waals surface area contributed by atoms with Crippen LogP contribution < -0.4 is 0 Å². The number of hydrogen-bond acceptors (Lipinski definition) is 1. The Balaban J connectivity index is 2.21. The van der Waals surface area contributed by atoms with E-state index in [-0.39, 0.29) is 0 Å². The highest BCUT2D eigenvalue weighted by Gasteiger charge is 2.18. The minimum atomic E-state index is 0.671. The maximum absolute atomic E-state index is 9.61. The van der Waals surface area contributed by atoms with Crippen LogP contribution in [-0.2, 0) is 6.54 Å². The predicted octanol–water partition coefficient (Wildman–Crippen LogP) is 4.62. The Bertz CT molecular complexity index is 1060. The molecular weight excluding hydrogens is 282 g/mol. The molecule has 23 heavy (non-hydrogen) atoms. The largest absolute Gasteiger partial charge is 0.321 e. The van der Waals surface area contributed by atoms with Crippen molar-refractivity contribution in [1.82, 2.24) is 8.97 Å². The Morgan fingerprint density at radius 3 is 2.39 bits per heavy atom. The number of rotatable bonds is 3. The Morgan fingerprint density at radius 1 is 1.00 bits per heavy atom. The molecular formula is C20H15N3. The van der Waals surface area contributed by atoms with Gasteiger partial charge in [-0.1, -0.05) is 48.5 Å². The molecule has 3 nitrogen and oxygen atoms in total. The first-order chi connectivity index (χ1) is 11.3. The first-order valence-corrected chi connectivity index (χ1v) is 7.54. The summed E-state index contributed by atoms with van der Waals surface area (Å²) in [6.45, 7) is 4.53. The Kier molecular flexibility index (Phi) is 3.03. The summed E-state index contributed by atoms with van der Waals surface area (Å²) in [6.07, 6.45) is 1.86. The van der Waals surface area contributed by atoms with Gasteiger partial charge in [0.15, 0.2) is 0 Å². The van der Waals surface area contributed by atoms with Gasteiger partial charge in [0.2, 0.25) is 0 Å². The average Bonchev–Trinajstić information content (AvgIpc) is 3.13. The molecule has 0 spiro atoms. The zero-order chi connectivity index (χ0) is 15.8. The molecule has 110 valence electrons. The number of aromatic nitrogens is 2. The van der Waals surface area contributed by atoms with Crippen LogP contribution in [0.1, 0.15) is 5.56 Å². The molecule has 0 atom stereocenters. The van der Waals surface area contributed by atoms with Gasteiger partial charge in [-0.15, -0.1) is 6.58 Å². The number of nitriles is 1. The highest BCUT2D eigenvalue weighted by atomic mass is 15.1. The molecule has 4 aromatic rings. The van der Waals surface area contributed by atoms with Gasteiger partial charge in [0.1, 0.15) is 11.7 Å². The fourth-order valence-corrected chi connectivity index (χ4v) is 3.22. The highest BCUT2D eigenvalue weighted by Crippen LogP contribution is 2.32. The second kappa shape index (κ2) is 5.19. The van der Waals surface area contributed by atoms with E-state index in [1.54, 1.807) is 0 Å². The number of fused-ring (bicyclic) bond motifs is 3. The smallest absolute Gasteiger partial charge is 0.136 e. The van der Waals surface area contributed by atoms with E-state index < -0.39 is 0 Å². The van der Waals surface area contributed by atoms with Gasteiger partial charge in [-0.2, -0.15) is 5.26 Å². The van der Waals surface area contributed by atoms with Crippen LogP contribution in [0, 0.1) is 11.3 Å². The van der Waals surface area contributed by atoms with Gasteiger partial charge in [-0.3, -0.25) is 4.40 Å². The van der Waals surface area contributed by atoms with Gasteiger partial charge in [0.25, 0.3) is 0 Å². The van der Waals surface area contributed by atoms with Crippen molar-refractivity contribution in [2.75, 3.05) is 0 Å². The standard InChI is InChI=1S/C20H15N3/c1-2-12-22-17-10-6-7-11-18(17)23-19(13-16(14-21)20(22)23)15-8-4-3-5-9-15/h2-11,13H,1,12H2. The Morgan fingerprint density at radius 2 is 1.70 bits per heavy atom. The minimum Gasteiger partial charge on any atom is -0.321 e. The summed E-state index contributed by atoms with van der Waals surface area (Å²) in [5, 5.41) is 9.61. The van der Waals surface area contributed by atoms with E-state index in [2.05, 4.69) is 45.9 Å². The summed E-state index contributed by atoms with van der Waals surface area (Å²) in [5.41, 5.74) is 5.96. The quantitative estimate of drug-likeness (QED) is 0.508. The molecule has 0 aliphatic heterocycles. The molecule has 0 aliphatic carbocycles. The topological polar surface area (TPSA) is 33.1 Å². The lowest BCUT2D eigenvalue weighted by Crippen LogP contribution is -1.95. The maximum Gasteiger partial charge on any atom is 0.136 e. The van der Waals surface area contributed by atoms with E-state index in [1.165, 1.54) is 0 Å². The lowest BCUT2D eigenvalue weighted by atomic mass is 10.1. The normalized spacial score (nSPS) is 10.9. The number of imidazole rings is 1. The summed E-state index contributed by atoms with van der Waals surface area (Å²) in [4.78, 5) is 0. The second-order valence-electron chi connectivity index (χ2n) is 5.47. The van der Waals surface area contributed by atoms with Gasteiger partial charge < -0.3 is 4.57 Å². The third-order valence-corrected chi connectivity index (χ3v) is 4.15. The Hall–Kier alpha value is -3.25. The Labute approximate surface area is 134 Å². The number of nitrogens with zero attached hydrogens (tertiary/aromatic N) is 3. The molecule has 2 aromatic carbocycles. The molecule has 0 unspecified atom stereocenters. The summed E-state index contributed by atoms with van der Waals surface area (Å²) < 4.78 is 4.32. The summed E-state index contributed by atoms with van der Waals surface area (Å²) in [6, 6.07) is 22.7. The SMILES string of the molecule is C=CCn1c2ccccc2n2c(-c3ccccc3)cc(C#N)c12. The molecule has 3 heteroatoms. The molecule has 4 rings (SSSR count). The van der Waals surface area contributed by atoms with Gasteiger partial charge in [0, 0.05) is 6.54 Å². The van der Waals surface area contributed by atoms with Crippen LogP contribution in [0.25, 0.3) is 27.9 Å². The molecule has 0 N–H and O–H groups in total. The van der Waals surface area contributed by atoms with Crippen molar-refractivity contribution < 1.29 is 0 Å². The predicted molar refractivity (Wildman–Crippen MR) is 93.2 cm³/mol. The van der Waals surface area contributed by atoms with Crippen LogP contribution in [0.3, 0.4) is 0 Å². The van der Waals surface area contributed by atoms with Crippen molar-refractivity contribution in [3.63, 3.8) is 0 Å². The van der Waals surface area contributed by atoms with E-state index >= 15 is 0 Å². The summed E-state index contributed by atoms with van der Waals surface area (Å²) in [7, 11) is 0. The van der Waals surface area contributed by atoms with Gasteiger partial charge in [0.05, 0.1) is 22.3 Å². The summed E-state index contributed by atoms with van der Waals surface area (Å²) in [5.74, 6) is 0. The van der Waals surface area contributed by atoms with Crippen LogP contribution in [-0.4, -0.2) is 8.97 Å². The van der Waals surface area contributed by atoms with Crippen molar-refractivity contribution >= 4 is 16.7 Å². The number of hydrogen-bond donors (Lipinski definition) is 0. The molecule has 0 amide bonds. The van der Waals surface area contributed by atoms with E-state index in [4.69, 9.17) is 0 Å². The fraction of sp³-hybridized carbons (Fsp3) is 0.0500. The number of benzene rings is 2. The fourth-order valence-electron chi connectivity index (χ4n) is 3.22. The maximum atomic E-state index is 9.61. The summed E-state index contributed by atoms with van der Waals surface area (Å²) >= 11 is 0. The van der Waals surface area contributed by atoms with Crippen molar-refractivity contribution in [2.45, 2.75) is 6.54 Å². The monoisotopic (exact) mass is 297 g/mol. The highest BCUT2D eigenvalue weighted by molar-refractivity contribution is 5.88. The first-order valence-electron chi connectivity index (χ1n) is 7.54. The van der Waals surface area contributed by atoms with Crippen molar-refractivity contribution in [2.24, 2.45) is 0 Å². The van der Waals surface area contributed by atoms with E-state index in [0.29, 0.717) is 12.1 Å². The number of allylic oxidation sites excluding steroid dienone is 1. The van der Waals surface area contributed by atoms with E-state index in [0.717, 1.165) is 27.9 Å². The van der Waals surface area contributed by atoms with Crippen LogP contribution in [0.15, 0.2) is 73.3 Å². The second-order valence-corrected chi connectivity index (χ2v) is 5.47. The molecule has 2 aromatic heterocycles. The molecule has 0 radical (unpaired) electrons. The van der Waals surface area contributed by atoms with E-state index in [9.17, 15) is 5.26 Å². The zero-order valence-electron chi connectivity index (χ0n) is 12.6. The van der Waals surface area contributed by atoms with Crippen LogP contribution in [0.2, 0.25) is 0 Å². The van der Waals surface area contributed by atoms with Gasteiger partial charge in [-0.05, 0) is 23.8 Å². The van der Waals surface area contributed by atoms with Crippen molar-refractivity contribution in [1.29, 1.82) is 5.26 Å². The lowest BCUT2D eigenvalue weighted by molar-refractivity contribution is 0.887. The molecule has 0 saturated carbocycles. The minimum absolute atomic E-state index is 0.671. The number of para-hydroxylation sites is 2. The van der Waals surface area contributed by atoms with Crippen LogP contribution >= 0.6 is 0 Å². The molecule has 2 heterocycles. The lowest BCUT2D eigenvalue weighted by Gasteiger charge is -2.01. The van der Waals surface area contributed by atoms with Gasteiger partial charge >= 0.3 is 0 Å². The van der Waals surface area contributed by atoms with E-state index in [1.807, 2.05) is 42.5 Å². The molecule has 0 aliphatic rings. The zero-order valence-corrected chi connectivity index (χ0v) is 12.6. The average molecular weight is 297 g/mol. The molecule has 0 saturated heterocycles. The molecule has 0 bridgehead atoms. The van der Waals surface area contributed by atoms with Crippen molar-refractivity contribution in [3.05, 3.63) is 78.9 Å². The van der Waals surface area contributed by atoms with Crippen LogP contribution in [0.4, 0.5) is 0 Å². The third kappa shape index (κ3) is 1.89. The third-order valence-electron chi connectivity index (χ3n) is 4.15. The first kappa shape index (κ1) is 13.4. The van der Waals surface area contributed by atoms with Crippen LogP contribution in [0.5, 0.6) is 0 Å². The van der Waals surface area contributed by atoms with Crippen molar-refractivity contribution in [3.8, 4) is 17.3 Å². The molecule has 0 fully saturated rings. The van der Waals surface area contributed by atoms with Gasteiger partial charge in [-0.25, -0.2) is 0 Å².